The van der Waals surface area contributed by atoms with Gasteiger partial charge in [0.15, 0.2) is 6.61 Å². The first-order valence-electron chi connectivity index (χ1n) is 8.67. The second kappa shape index (κ2) is 10.8. The maximum Gasteiger partial charge on any atom is 0.308 e. The van der Waals surface area contributed by atoms with Crippen LogP contribution in [0.15, 0.2) is 54.6 Å². The predicted octanol–water partition coefficient (Wildman–Crippen LogP) is 1.91. The van der Waals surface area contributed by atoms with Gasteiger partial charge < -0.3 is 10.1 Å². The molecule has 9 heteroatoms. The summed E-state index contributed by atoms with van der Waals surface area (Å²) in [5.74, 6) is -2.23. The SMILES string of the molecule is CC(=O)N[C@@H](CC(=O)OCC(=O)NNC(=O)c1ccc(Cl)cc1)c1ccccc1. The Bertz CT molecular complexity index is 871. The van der Waals surface area contributed by atoms with Crippen molar-refractivity contribution in [2.45, 2.75) is 19.4 Å². The van der Waals surface area contributed by atoms with Crippen LogP contribution in [0.25, 0.3) is 0 Å². The minimum absolute atomic E-state index is 0.145. The number of hydrogen-bond acceptors (Lipinski definition) is 5. The number of hydrazine groups is 1. The van der Waals surface area contributed by atoms with Gasteiger partial charge in [-0.15, -0.1) is 0 Å². The van der Waals surface area contributed by atoms with E-state index in [1.807, 2.05) is 6.07 Å². The third kappa shape index (κ3) is 7.63. The van der Waals surface area contributed by atoms with E-state index in [1.165, 1.54) is 31.2 Å². The monoisotopic (exact) mass is 417 g/mol. The van der Waals surface area contributed by atoms with Crippen LogP contribution in [0.1, 0.15) is 35.3 Å². The Hall–Kier alpha value is -3.39. The molecule has 0 unspecified atom stereocenters. The van der Waals surface area contributed by atoms with Crippen molar-refractivity contribution < 1.29 is 23.9 Å². The largest absolute Gasteiger partial charge is 0.455 e. The fraction of sp³-hybridized carbons (Fsp3) is 0.200. The van der Waals surface area contributed by atoms with Gasteiger partial charge in [-0.2, -0.15) is 0 Å². The van der Waals surface area contributed by atoms with Crippen molar-refractivity contribution in [2.24, 2.45) is 0 Å². The fourth-order valence-corrected chi connectivity index (χ4v) is 2.52. The summed E-state index contributed by atoms with van der Waals surface area (Å²) in [6.45, 7) is 0.763. The third-order valence-corrected chi connectivity index (χ3v) is 3.99. The molecule has 0 aromatic heterocycles. The number of carbonyl (C=O) groups is 4. The summed E-state index contributed by atoms with van der Waals surface area (Å²) in [5, 5.41) is 3.15. The van der Waals surface area contributed by atoms with Crippen molar-refractivity contribution in [1.82, 2.24) is 16.2 Å². The number of carbonyl (C=O) groups excluding carboxylic acids is 4. The number of hydrogen-bond donors (Lipinski definition) is 3. The van der Waals surface area contributed by atoms with Gasteiger partial charge in [-0.1, -0.05) is 41.9 Å². The van der Waals surface area contributed by atoms with Crippen molar-refractivity contribution in [2.75, 3.05) is 6.61 Å². The molecule has 0 bridgehead atoms. The number of amides is 3. The summed E-state index contributed by atoms with van der Waals surface area (Å²) in [7, 11) is 0. The van der Waals surface area contributed by atoms with Crippen molar-refractivity contribution in [3.8, 4) is 0 Å². The van der Waals surface area contributed by atoms with Gasteiger partial charge in [-0.3, -0.25) is 30.0 Å². The lowest BCUT2D eigenvalue weighted by Crippen LogP contribution is -2.43. The van der Waals surface area contributed by atoms with Gasteiger partial charge in [0.25, 0.3) is 11.8 Å². The highest BCUT2D eigenvalue weighted by Gasteiger charge is 2.19. The topological polar surface area (TPSA) is 114 Å². The van der Waals surface area contributed by atoms with Crippen LogP contribution in [-0.4, -0.2) is 30.3 Å². The van der Waals surface area contributed by atoms with Crippen LogP contribution in [0.3, 0.4) is 0 Å². The van der Waals surface area contributed by atoms with E-state index in [0.29, 0.717) is 10.6 Å². The van der Waals surface area contributed by atoms with E-state index in [-0.39, 0.29) is 12.3 Å². The molecule has 3 amide bonds. The summed E-state index contributed by atoms with van der Waals surface area (Å²) in [4.78, 5) is 47.1. The fourth-order valence-electron chi connectivity index (χ4n) is 2.39. The summed E-state index contributed by atoms with van der Waals surface area (Å²) < 4.78 is 4.92. The summed E-state index contributed by atoms with van der Waals surface area (Å²) in [6, 6.07) is 14.4. The predicted molar refractivity (Wildman–Crippen MR) is 106 cm³/mol. The van der Waals surface area contributed by atoms with Gasteiger partial charge in [0.1, 0.15) is 0 Å². The summed E-state index contributed by atoms with van der Waals surface area (Å²) >= 11 is 5.74. The van der Waals surface area contributed by atoms with E-state index in [2.05, 4.69) is 16.2 Å². The van der Waals surface area contributed by atoms with E-state index in [9.17, 15) is 19.2 Å². The van der Waals surface area contributed by atoms with Crippen molar-refractivity contribution in [1.29, 1.82) is 0 Å². The zero-order valence-corrected chi connectivity index (χ0v) is 16.4. The van der Waals surface area contributed by atoms with Crippen molar-refractivity contribution in [3.63, 3.8) is 0 Å². The number of nitrogens with one attached hydrogen (secondary N) is 3. The van der Waals surface area contributed by atoms with E-state index in [1.54, 1.807) is 24.3 Å². The van der Waals surface area contributed by atoms with Crippen LogP contribution in [0.4, 0.5) is 0 Å². The second-order valence-electron chi connectivity index (χ2n) is 6.04. The molecular weight excluding hydrogens is 398 g/mol. The first-order valence-corrected chi connectivity index (χ1v) is 9.05. The number of halogens is 1. The van der Waals surface area contributed by atoms with Gasteiger partial charge in [0.2, 0.25) is 5.91 Å². The standard InChI is InChI=1S/C20H20ClN3O5/c1-13(25)22-17(14-5-3-2-4-6-14)11-19(27)29-12-18(26)23-24-20(28)15-7-9-16(21)10-8-15/h2-10,17H,11-12H2,1H3,(H,22,25)(H,23,26)(H,24,28)/t17-/m0/s1. The molecule has 0 aliphatic heterocycles. The molecule has 1 atom stereocenters. The van der Waals surface area contributed by atoms with E-state index < -0.39 is 30.4 Å². The summed E-state index contributed by atoms with van der Waals surface area (Å²) in [5.41, 5.74) is 5.39. The highest BCUT2D eigenvalue weighted by atomic mass is 35.5. The van der Waals surface area contributed by atoms with E-state index >= 15 is 0 Å². The highest BCUT2D eigenvalue weighted by Crippen LogP contribution is 2.17. The molecule has 0 heterocycles. The minimum Gasteiger partial charge on any atom is -0.455 e. The molecule has 0 spiro atoms. The molecule has 0 radical (unpaired) electrons. The number of benzene rings is 2. The zero-order valence-electron chi connectivity index (χ0n) is 15.6. The highest BCUT2D eigenvalue weighted by molar-refractivity contribution is 6.30. The van der Waals surface area contributed by atoms with Crippen LogP contribution in [0, 0.1) is 0 Å². The lowest BCUT2D eigenvalue weighted by Gasteiger charge is -2.17. The molecule has 3 N–H and O–H groups in total. The number of ether oxygens (including phenoxy) is 1. The lowest BCUT2D eigenvalue weighted by molar-refractivity contribution is -0.149. The molecule has 152 valence electrons. The molecule has 0 aliphatic rings. The van der Waals surface area contributed by atoms with E-state index in [4.69, 9.17) is 16.3 Å². The van der Waals surface area contributed by atoms with Gasteiger partial charge in [-0.25, -0.2) is 0 Å². The maximum absolute atomic E-state index is 12.1. The molecular formula is C20H20ClN3O5. The molecule has 0 saturated heterocycles. The van der Waals surface area contributed by atoms with Gasteiger partial charge in [0.05, 0.1) is 12.5 Å². The molecule has 0 aliphatic carbocycles. The average molecular weight is 418 g/mol. The molecule has 8 nitrogen and oxygen atoms in total. The Morgan fingerprint density at radius 2 is 1.62 bits per heavy atom. The lowest BCUT2D eigenvalue weighted by atomic mass is 10.0. The third-order valence-electron chi connectivity index (χ3n) is 3.74. The Morgan fingerprint density at radius 3 is 2.24 bits per heavy atom. The van der Waals surface area contributed by atoms with Crippen LogP contribution in [0.2, 0.25) is 5.02 Å². The quantitative estimate of drug-likeness (QED) is 0.470. The smallest absolute Gasteiger partial charge is 0.308 e. The molecule has 29 heavy (non-hydrogen) atoms. The molecule has 0 saturated carbocycles. The van der Waals surface area contributed by atoms with Gasteiger partial charge >= 0.3 is 5.97 Å². The first-order chi connectivity index (χ1) is 13.8. The Balaban J connectivity index is 1.79. The van der Waals surface area contributed by atoms with E-state index in [0.717, 1.165) is 5.56 Å². The second-order valence-corrected chi connectivity index (χ2v) is 6.47. The van der Waals surface area contributed by atoms with Crippen LogP contribution in [0.5, 0.6) is 0 Å². The average Bonchev–Trinajstić information content (AvgIpc) is 2.71. The Morgan fingerprint density at radius 1 is 0.966 bits per heavy atom. The maximum atomic E-state index is 12.1. The van der Waals surface area contributed by atoms with Crippen LogP contribution < -0.4 is 16.2 Å². The van der Waals surface area contributed by atoms with Crippen LogP contribution >= 0.6 is 11.6 Å². The van der Waals surface area contributed by atoms with Crippen LogP contribution in [-0.2, 0) is 19.1 Å². The van der Waals surface area contributed by atoms with Gasteiger partial charge in [0, 0.05) is 17.5 Å². The molecule has 0 fully saturated rings. The number of esters is 1. The summed E-state index contributed by atoms with van der Waals surface area (Å²) in [6.07, 6.45) is -0.145. The Labute approximate surface area is 172 Å². The minimum atomic E-state index is -0.712. The van der Waals surface area contributed by atoms with Crippen molar-refractivity contribution in [3.05, 3.63) is 70.7 Å². The molecule has 2 rings (SSSR count). The first kappa shape index (κ1) is 21.9. The van der Waals surface area contributed by atoms with Gasteiger partial charge in [-0.05, 0) is 29.8 Å². The zero-order chi connectivity index (χ0) is 21.2. The molecule has 2 aromatic rings. The number of rotatable bonds is 7. The normalized spacial score (nSPS) is 11.1. The molecule has 2 aromatic carbocycles. The van der Waals surface area contributed by atoms with Crippen molar-refractivity contribution >= 4 is 35.3 Å². The Kier molecular flexibility index (Phi) is 8.17.